The summed E-state index contributed by atoms with van der Waals surface area (Å²) in [5.74, 6) is 0.308. The third kappa shape index (κ3) is 4.34. The number of aromatic nitrogens is 2. The molecule has 2 amide bonds. The maximum atomic E-state index is 12.4. The minimum atomic E-state index is -0.159. The van der Waals surface area contributed by atoms with Gasteiger partial charge in [0.25, 0.3) is 5.91 Å². The van der Waals surface area contributed by atoms with Crippen molar-refractivity contribution in [2.24, 2.45) is 5.92 Å². The summed E-state index contributed by atoms with van der Waals surface area (Å²) in [6.45, 7) is 9.07. The van der Waals surface area contributed by atoms with E-state index >= 15 is 0 Å². The Bertz CT molecular complexity index is 734. The number of fused-ring (bicyclic) bond motifs is 1. The quantitative estimate of drug-likeness (QED) is 0.765. The van der Waals surface area contributed by atoms with Gasteiger partial charge in [0.1, 0.15) is 11.3 Å². The van der Waals surface area contributed by atoms with Crippen LogP contribution < -0.4 is 10.6 Å². The average Bonchev–Trinajstić information content (AvgIpc) is 2.87. The second kappa shape index (κ2) is 7.95. The van der Waals surface area contributed by atoms with Crippen molar-refractivity contribution in [1.82, 2.24) is 20.0 Å². The number of rotatable bonds is 7. The van der Waals surface area contributed by atoms with Crippen molar-refractivity contribution in [3.05, 3.63) is 35.3 Å². The summed E-state index contributed by atoms with van der Waals surface area (Å²) in [5.41, 5.74) is 3.09. The van der Waals surface area contributed by atoms with Gasteiger partial charge in [0, 0.05) is 25.7 Å². The summed E-state index contributed by atoms with van der Waals surface area (Å²) >= 11 is 0. The lowest BCUT2D eigenvalue weighted by Gasteiger charge is -2.08. The minimum Gasteiger partial charge on any atom is -0.356 e. The lowest BCUT2D eigenvalue weighted by atomic mass is 10.2. The Morgan fingerprint density at radius 1 is 1.25 bits per heavy atom. The summed E-state index contributed by atoms with van der Waals surface area (Å²) in [6.07, 6.45) is 2.87. The van der Waals surface area contributed by atoms with Gasteiger partial charge in [-0.2, -0.15) is 0 Å². The summed E-state index contributed by atoms with van der Waals surface area (Å²) < 4.78 is 1.81. The molecule has 2 N–H and O–H groups in total. The molecule has 2 heterocycles. The molecule has 6 nitrogen and oxygen atoms in total. The molecule has 0 aliphatic rings. The Morgan fingerprint density at radius 3 is 2.71 bits per heavy atom. The molecule has 0 saturated heterocycles. The lowest BCUT2D eigenvalue weighted by molar-refractivity contribution is -0.121. The molecule has 0 bridgehead atoms. The van der Waals surface area contributed by atoms with Gasteiger partial charge in [-0.1, -0.05) is 19.9 Å². The van der Waals surface area contributed by atoms with Gasteiger partial charge >= 0.3 is 0 Å². The topological polar surface area (TPSA) is 75.5 Å². The van der Waals surface area contributed by atoms with Gasteiger partial charge < -0.3 is 10.6 Å². The van der Waals surface area contributed by atoms with E-state index in [1.807, 2.05) is 36.6 Å². The van der Waals surface area contributed by atoms with Crippen LogP contribution >= 0.6 is 0 Å². The van der Waals surface area contributed by atoms with E-state index in [9.17, 15) is 9.59 Å². The van der Waals surface area contributed by atoms with E-state index in [1.165, 1.54) is 0 Å². The Balaban J connectivity index is 1.89. The first-order valence-corrected chi connectivity index (χ1v) is 8.39. The van der Waals surface area contributed by atoms with Gasteiger partial charge in [0.05, 0.1) is 5.69 Å². The van der Waals surface area contributed by atoms with E-state index in [0.717, 1.165) is 11.2 Å². The zero-order valence-corrected chi connectivity index (χ0v) is 14.8. The monoisotopic (exact) mass is 330 g/mol. The molecule has 0 unspecified atom stereocenters. The molecule has 2 aromatic heterocycles. The molecule has 2 aromatic rings. The highest BCUT2D eigenvalue weighted by atomic mass is 16.2. The number of aryl methyl sites for hydroxylation is 2. The smallest absolute Gasteiger partial charge is 0.270 e. The van der Waals surface area contributed by atoms with Crippen LogP contribution in [-0.4, -0.2) is 34.3 Å². The minimum absolute atomic E-state index is 0.0274. The van der Waals surface area contributed by atoms with Crippen molar-refractivity contribution < 1.29 is 9.59 Å². The highest BCUT2D eigenvalue weighted by Crippen LogP contribution is 2.15. The average molecular weight is 330 g/mol. The Morgan fingerprint density at radius 2 is 2.00 bits per heavy atom. The number of hydrogen-bond acceptors (Lipinski definition) is 3. The fourth-order valence-corrected chi connectivity index (χ4v) is 2.53. The van der Waals surface area contributed by atoms with E-state index in [0.29, 0.717) is 43.2 Å². The molecule has 0 radical (unpaired) electrons. The number of carbonyl (C=O) groups excluding carboxylic acids is 2. The van der Waals surface area contributed by atoms with Gasteiger partial charge in [-0.05, 0) is 37.8 Å². The zero-order chi connectivity index (χ0) is 17.7. The largest absolute Gasteiger partial charge is 0.356 e. The first-order valence-electron chi connectivity index (χ1n) is 8.39. The van der Waals surface area contributed by atoms with Crippen LogP contribution in [0.15, 0.2) is 18.3 Å². The van der Waals surface area contributed by atoms with Crippen molar-refractivity contribution in [1.29, 1.82) is 0 Å². The number of pyridine rings is 1. The van der Waals surface area contributed by atoms with E-state index < -0.39 is 0 Å². The molecule has 6 heteroatoms. The van der Waals surface area contributed by atoms with Gasteiger partial charge in [0.2, 0.25) is 5.91 Å². The van der Waals surface area contributed by atoms with Crippen molar-refractivity contribution >= 4 is 17.5 Å². The van der Waals surface area contributed by atoms with Crippen LogP contribution in [0.2, 0.25) is 0 Å². The number of imidazole rings is 1. The van der Waals surface area contributed by atoms with Crippen LogP contribution in [0.3, 0.4) is 0 Å². The van der Waals surface area contributed by atoms with Gasteiger partial charge in [-0.3, -0.25) is 14.0 Å². The lowest BCUT2D eigenvalue weighted by Crippen LogP contribution is -2.30. The normalized spacial score (nSPS) is 11.0. The Hall–Kier alpha value is -2.37. The van der Waals surface area contributed by atoms with E-state index in [-0.39, 0.29) is 11.8 Å². The molecule has 130 valence electrons. The van der Waals surface area contributed by atoms with Crippen LogP contribution in [0.1, 0.15) is 48.4 Å². The SMILES string of the molecule is Cc1nc2c(C)cccn2c1C(=O)NCCCC(=O)NCC(C)C. The first kappa shape index (κ1) is 18.0. The molecule has 0 aliphatic carbocycles. The summed E-state index contributed by atoms with van der Waals surface area (Å²) in [7, 11) is 0. The summed E-state index contributed by atoms with van der Waals surface area (Å²) in [4.78, 5) is 28.6. The second-order valence-corrected chi connectivity index (χ2v) is 6.49. The van der Waals surface area contributed by atoms with Crippen LogP contribution in [0, 0.1) is 19.8 Å². The maximum absolute atomic E-state index is 12.4. The molecule has 2 rings (SSSR count). The van der Waals surface area contributed by atoms with E-state index in [1.54, 1.807) is 0 Å². The molecule has 0 spiro atoms. The summed E-state index contributed by atoms with van der Waals surface area (Å²) in [6, 6.07) is 3.87. The Labute approximate surface area is 142 Å². The van der Waals surface area contributed by atoms with Crippen LogP contribution in [0.4, 0.5) is 0 Å². The number of amides is 2. The van der Waals surface area contributed by atoms with Crippen molar-refractivity contribution in [3.63, 3.8) is 0 Å². The number of nitrogens with one attached hydrogen (secondary N) is 2. The third-order valence-electron chi connectivity index (χ3n) is 3.81. The predicted octanol–water partition coefficient (Wildman–Crippen LogP) is 2.23. The number of carbonyl (C=O) groups is 2. The molecule has 24 heavy (non-hydrogen) atoms. The first-order chi connectivity index (χ1) is 11.4. The van der Waals surface area contributed by atoms with Gasteiger partial charge in [0.15, 0.2) is 0 Å². The highest BCUT2D eigenvalue weighted by Gasteiger charge is 2.16. The second-order valence-electron chi connectivity index (χ2n) is 6.49. The maximum Gasteiger partial charge on any atom is 0.270 e. The molecule has 0 aromatic carbocycles. The molecule has 0 saturated carbocycles. The Kier molecular flexibility index (Phi) is 5.95. The third-order valence-corrected chi connectivity index (χ3v) is 3.81. The molecule has 0 aliphatic heterocycles. The molecule has 0 atom stereocenters. The molecule has 0 fully saturated rings. The van der Waals surface area contributed by atoms with Crippen molar-refractivity contribution in [2.45, 2.75) is 40.5 Å². The fraction of sp³-hybridized carbons (Fsp3) is 0.500. The highest BCUT2D eigenvalue weighted by molar-refractivity contribution is 5.94. The zero-order valence-electron chi connectivity index (χ0n) is 14.8. The standard InChI is InChI=1S/C18H26N4O2/c1-12(2)11-20-15(23)8-5-9-19-18(24)16-14(4)21-17-13(3)7-6-10-22(16)17/h6-7,10,12H,5,8-9,11H2,1-4H3,(H,19,24)(H,20,23). The number of hydrogen-bond donors (Lipinski definition) is 2. The van der Waals surface area contributed by atoms with Gasteiger partial charge in [-0.25, -0.2) is 4.98 Å². The summed E-state index contributed by atoms with van der Waals surface area (Å²) in [5, 5.41) is 5.75. The fourth-order valence-electron chi connectivity index (χ4n) is 2.53. The van der Waals surface area contributed by atoms with Crippen molar-refractivity contribution in [3.8, 4) is 0 Å². The molecular formula is C18H26N4O2. The van der Waals surface area contributed by atoms with Crippen LogP contribution in [0.25, 0.3) is 5.65 Å². The number of nitrogens with zero attached hydrogens (tertiary/aromatic N) is 2. The van der Waals surface area contributed by atoms with Gasteiger partial charge in [-0.15, -0.1) is 0 Å². The molecular weight excluding hydrogens is 304 g/mol. The van der Waals surface area contributed by atoms with E-state index in [4.69, 9.17) is 0 Å². The van der Waals surface area contributed by atoms with Crippen molar-refractivity contribution in [2.75, 3.05) is 13.1 Å². The predicted molar refractivity (Wildman–Crippen MR) is 94.1 cm³/mol. The van der Waals surface area contributed by atoms with Crippen LogP contribution in [-0.2, 0) is 4.79 Å². The van der Waals surface area contributed by atoms with E-state index in [2.05, 4.69) is 29.5 Å². The van der Waals surface area contributed by atoms with Crippen LogP contribution in [0.5, 0.6) is 0 Å².